The van der Waals surface area contributed by atoms with Crippen molar-refractivity contribution in [3.05, 3.63) is 64.7 Å². The van der Waals surface area contributed by atoms with Gasteiger partial charge in [-0.25, -0.2) is 4.39 Å². The molecular formula is C15H13ClFNO. The van der Waals surface area contributed by atoms with Crippen molar-refractivity contribution in [1.82, 2.24) is 4.98 Å². The van der Waals surface area contributed by atoms with Gasteiger partial charge in [-0.3, -0.25) is 9.78 Å². The van der Waals surface area contributed by atoms with E-state index in [2.05, 4.69) is 4.98 Å². The summed E-state index contributed by atoms with van der Waals surface area (Å²) in [4.78, 5) is 16.0. The lowest BCUT2D eigenvalue weighted by molar-refractivity contribution is -0.118. The SMILES string of the molecule is O=C(CCc1ccccn1)Cc1ccc(F)c(Cl)c1. The van der Waals surface area contributed by atoms with Gasteiger partial charge in [0.05, 0.1) is 5.02 Å². The molecule has 0 saturated heterocycles. The molecule has 0 unspecified atom stereocenters. The fourth-order valence-corrected chi connectivity index (χ4v) is 1.98. The third-order valence-corrected chi connectivity index (χ3v) is 3.06. The average Bonchev–Trinajstić information content (AvgIpc) is 2.42. The molecule has 2 aromatic rings. The van der Waals surface area contributed by atoms with E-state index in [1.54, 1.807) is 12.3 Å². The quantitative estimate of drug-likeness (QED) is 0.835. The predicted octanol–water partition coefficient (Wildman–Crippen LogP) is 3.62. The number of pyridine rings is 1. The first-order chi connectivity index (χ1) is 9.15. The van der Waals surface area contributed by atoms with E-state index in [9.17, 15) is 9.18 Å². The second kappa shape index (κ2) is 6.43. The Kier molecular flexibility index (Phi) is 4.63. The van der Waals surface area contributed by atoms with Crippen LogP contribution in [0.15, 0.2) is 42.6 Å². The van der Waals surface area contributed by atoms with E-state index in [1.165, 1.54) is 12.1 Å². The van der Waals surface area contributed by atoms with Crippen molar-refractivity contribution in [2.45, 2.75) is 19.3 Å². The van der Waals surface area contributed by atoms with Crippen molar-refractivity contribution >= 4 is 17.4 Å². The number of carbonyl (C=O) groups excluding carboxylic acids is 1. The monoisotopic (exact) mass is 277 g/mol. The Morgan fingerprint density at radius 2 is 2.11 bits per heavy atom. The van der Waals surface area contributed by atoms with Gasteiger partial charge in [0, 0.05) is 24.7 Å². The van der Waals surface area contributed by atoms with Gasteiger partial charge in [0.2, 0.25) is 0 Å². The zero-order valence-electron chi connectivity index (χ0n) is 10.3. The maximum atomic E-state index is 13.0. The summed E-state index contributed by atoms with van der Waals surface area (Å²) in [5.74, 6) is -0.375. The molecule has 1 aromatic carbocycles. The van der Waals surface area contributed by atoms with E-state index in [1.807, 2.05) is 18.2 Å². The number of nitrogens with zero attached hydrogens (tertiary/aromatic N) is 1. The Labute approximate surface area is 116 Å². The first-order valence-electron chi connectivity index (χ1n) is 6.00. The Morgan fingerprint density at radius 1 is 1.26 bits per heavy atom. The fraction of sp³-hybridized carbons (Fsp3) is 0.200. The molecule has 0 aliphatic rings. The lowest BCUT2D eigenvalue weighted by atomic mass is 10.0. The predicted molar refractivity (Wildman–Crippen MR) is 72.7 cm³/mol. The summed E-state index contributed by atoms with van der Waals surface area (Å²) in [7, 11) is 0. The molecule has 0 aliphatic carbocycles. The van der Waals surface area contributed by atoms with Gasteiger partial charge in [-0.05, 0) is 36.2 Å². The van der Waals surface area contributed by atoms with Gasteiger partial charge >= 0.3 is 0 Å². The number of halogens is 2. The molecule has 2 rings (SSSR count). The van der Waals surface area contributed by atoms with E-state index in [0.717, 1.165) is 11.3 Å². The number of rotatable bonds is 5. The minimum atomic E-state index is -0.466. The molecule has 0 spiro atoms. The highest BCUT2D eigenvalue weighted by Gasteiger charge is 2.07. The molecule has 0 saturated carbocycles. The Hall–Kier alpha value is -1.74. The van der Waals surface area contributed by atoms with Crippen molar-refractivity contribution in [3.63, 3.8) is 0 Å². The molecular weight excluding hydrogens is 265 g/mol. The molecule has 0 radical (unpaired) electrons. The van der Waals surface area contributed by atoms with Crippen LogP contribution in [0.5, 0.6) is 0 Å². The minimum Gasteiger partial charge on any atom is -0.299 e. The van der Waals surface area contributed by atoms with Crippen LogP contribution in [0.4, 0.5) is 4.39 Å². The van der Waals surface area contributed by atoms with Crippen molar-refractivity contribution in [1.29, 1.82) is 0 Å². The van der Waals surface area contributed by atoms with Crippen LogP contribution in [0.2, 0.25) is 5.02 Å². The van der Waals surface area contributed by atoms with Gasteiger partial charge in [-0.2, -0.15) is 0 Å². The molecule has 1 heterocycles. The smallest absolute Gasteiger partial charge is 0.141 e. The molecule has 2 nitrogen and oxygen atoms in total. The lowest BCUT2D eigenvalue weighted by Crippen LogP contribution is -2.05. The molecule has 0 atom stereocenters. The van der Waals surface area contributed by atoms with E-state index < -0.39 is 5.82 Å². The van der Waals surface area contributed by atoms with Crippen molar-refractivity contribution in [3.8, 4) is 0 Å². The van der Waals surface area contributed by atoms with Gasteiger partial charge < -0.3 is 0 Å². The molecule has 0 fully saturated rings. The largest absolute Gasteiger partial charge is 0.299 e. The van der Waals surface area contributed by atoms with E-state index >= 15 is 0 Å². The number of aromatic nitrogens is 1. The minimum absolute atomic E-state index is 0.0510. The zero-order chi connectivity index (χ0) is 13.7. The van der Waals surface area contributed by atoms with E-state index in [-0.39, 0.29) is 17.2 Å². The number of benzene rings is 1. The fourth-order valence-electron chi connectivity index (χ4n) is 1.78. The topological polar surface area (TPSA) is 30.0 Å². The third kappa shape index (κ3) is 4.14. The van der Waals surface area contributed by atoms with Gasteiger partial charge in [-0.15, -0.1) is 0 Å². The molecule has 4 heteroatoms. The standard InChI is InChI=1S/C15H13ClFNO/c16-14-10-11(4-7-15(14)17)9-13(19)6-5-12-3-1-2-8-18-12/h1-4,7-8,10H,5-6,9H2. The molecule has 19 heavy (non-hydrogen) atoms. The number of hydrogen-bond donors (Lipinski definition) is 0. The van der Waals surface area contributed by atoms with Gasteiger partial charge in [-0.1, -0.05) is 23.7 Å². The van der Waals surface area contributed by atoms with Crippen LogP contribution in [0.25, 0.3) is 0 Å². The first kappa shape index (κ1) is 13.7. The second-order valence-electron chi connectivity index (χ2n) is 4.28. The van der Waals surface area contributed by atoms with Crippen LogP contribution in [-0.2, 0) is 17.6 Å². The number of ketones is 1. The highest BCUT2D eigenvalue weighted by atomic mass is 35.5. The van der Waals surface area contributed by atoms with Crippen molar-refractivity contribution < 1.29 is 9.18 Å². The molecule has 0 bridgehead atoms. The Morgan fingerprint density at radius 3 is 2.79 bits per heavy atom. The normalized spacial score (nSPS) is 10.4. The summed E-state index contributed by atoms with van der Waals surface area (Å²) in [5.41, 5.74) is 1.63. The molecule has 0 N–H and O–H groups in total. The summed E-state index contributed by atoms with van der Waals surface area (Å²) in [6, 6.07) is 9.99. The van der Waals surface area contributed by atoms with Crippen molar-refractivity contribution in [2.24, 2.45) is 0 Å². The van der Waals surface area contributed by atoms with Crippen LogP contribution in [-0.4, -0.2) is 10.8 Å². The van der Waals surface area contributed by atoms with Crippen molar-refractivity contribution in [2.75, 3.05) is 0 Å². The number of aryl methyl sites for hydroxylation is 1. The first-order valence-corrected chi connectivity index (χ1v) is 6.38. The summed E-state index contributed by atoms with van der Waals surface area (Å²) in [6.07, 6.45) is 3.02. The number of Topliss-reactive ketones (excluding diaryl/α,β-unsaturated/α-hetero) is 1. The van der Waals surface area contributed by atoms with Crippen LogP contribution in [0.1, 0.15) is 17.7 Å². The maximum absolute atomic E-state index is 13.0. The highest BCUT2D eigenvalue weighted by molar-refractivity contribution is 6.30. The highest BCUT2D eigenvalue weighted by Crippen LogP contribution is 2.17. The maximum Gasteiger partial charge on any atom is 0.141 e. The summed E-state index contributed by atoms with van der Waals surface area (Å²) in [6.45, 7) is 0. The third-order valence-electron chi connectivity index (χ3n) is 2.77. The van der Waals surface area contributed by atoms with Crippen LogP contribution >= 0.6 is 11.6 Å². The number of carbonyl (C=O) groups is 1. The summed E-state index contributed by atoms with van der Waals surface area (Å²) in [5, 5.41) is 0.0510. The van der Waals surface area contributed by atoms with E-state index in [0.29, 0.717) is 12.8 Å². The number of hydrogen-bond acceptors (Lipinski definition) is 2. The average molecular weight is 278 g/mol. The van der Waals surface area contributed by atoms with Crippen LogP contribution < -0.4 is 0 Å². The van der Waals surface area contributed by atoms with Gasteiger partial charge in [0.15, 0.2) is 0 Å². The van der Waals surface area contributed by atoms with Crippen LogP contribution in [0, 0.1) is 5.82 Å². The molecule has 0 aliphatic heterocycles. The lowest BCUT2D eigenvalue weighted by Gasteiger charge is -2.03. The summed E-state index contributed by atoms with van der Waals surface area (Å²) >= 11 is 5.67. The summed E-state index contributed by atoms with van der Waals surface area (Å²) < 4.78 is 13.0. The zero-order valence-corrected chi connectivity index (χ0v) is 11.0. The Bertz CT molecular complexity index is 572. The molecule has 1 aromatic heterocycles. The molecule has 98 valence electrons. The molecule has 0 amide bonds. The van der Waals surface area contributed by atoms with Crippen LogP contribution in [0.3, 0.4) is 0 Å². The van der Waals surface area contributed by atoms with Gasteiger partial charge in [0.1, 0.15) is 11.6 Å². The van der Waals surface area contributed by atoms with E-state index in [4.69, 9.17) is 11.6 Å². The second-order valence-corrected chi connectivity index (χ2v) is 4.69. The van der Waals surface area contributed by atoms with Gasteiger partial charge in [0.25, 0.3) is 0 Å². The Balaban J connectivity index is 1.89.